The number of ether oxygens (including phenoxy) is 1. The van der Waals surface area contributed by atoms with Gasteiger partial charge in [-0.15, -0.1) is 0 Å². The zero-order valence-corrected chi connectivity index (χ0v) is 17.3. The van der Waals surface area contributed by atoms with Crippen molar-refractivity contribution in [3.63, 3.8) is 0 Å². The Kier molecular flexibility index (Phi) is 4.83. The molecule has 2 N–H and O–H groups in total. The number of fused-ring (bicyclic) bond motifs is 5. The van der Waals surface area contributed by atoms with Crippen molar-refractivity contribution in [3.05, 3.63) is 23.3 Å². The van der Waals surface area contributed by atoms with Crippen molar-refractivity contribution >= 4 is 10.3 Å². The number of hydrogen-bond donors (Lipinski definition) is 1. The lowest BCUT2D eigenvalue weighted by atomic mass is 9.54. The number of hydrogen-bond acceptors (Lipinski definition) is 5. The highest BCUT2D eigenvalue weighted by atomic mass is 32.2. The first kappa shape index (κ1) is 19.5. The molecule has 6 nitrogen and oxygen atoms in total. The molecule has 3 aliphatic carbocycles. The molecule has 3 unspecified atom stereocenters. The molecule has 152 valence electrons. The van der Waals surface area contributed by atoms with E-state index < -0.39 is 10.3 Å². The molecule has 28 heavy (non-hydrogen) atoms. The van der Waals surface area contributed by atoms with Gasteiger partial charge in [0.15, 0.2) is 11.5 Å². The molecule has 0 aromatic heterocycles. The van der Waals surface area contributed by atoms with Crippen LogP contribution >= 0.6 is 0 Å². The Hall–Kier alpha value is -1.78. The van der Waals surface area contributed by atoms with Crippen LogP contribution in [0.5, 0.6) is 11.5 Å². The van der Waals surface area contributed by atoms with Crippen molar-refractivity contribution in [1.82, 2.24) is 0 Å². The molecule has 0 radical (unpaired) electrons. The van der Waals surface area contributed by atoms with Crippen molar-refractivity contribution in [2.24, 2.45) is 28.3 Å². The van der Waals surface area contributed by atoms with E-state index in [0.717, 1.165) is 37.7 Å². The van der Waals surface area contributed by atoms with E-state index in [2.05, 4.69) is 13.0 Å². The summed E-state index contributed by atoms with van der Waals surface area (Å²) in [5.41, 5.74) is 2.67. The van der Waals surface area contributed by atoms with Gasteiger partial charge in [0.1, 0.15) is 0 Å². The molecule has 0 aliphatic heterocycles. The average molecular weight is 405 g/mol. The third kappa shape index (κ3) is 3.17. The molecule has 2 saturated carbocycles. The van der Waals surface area contributed by atoms with Gasteiger partial charge in [-0.3, -0.25) is 0 Å². The van der Waals surface area contributed by atoms with Crippen LogP contribution in [0.25, 0.3) is 0 Å². The van der Waals surface area contributed by atoms with E-state index in [1.165, 1.54) is 19.1 Å². The first-order valence-corrected chi connectivity index (χ1v) is 11.5. The second kappa shape index (κ2) is 6.93. The summed E-state index contributed by atoms with van der Waals surface area (Å²) in [5, 5.41) is 14.3. The van der Waals surface area contributed by atoms with Crippen molar-refractivity contribution in [1.29, 1.82) is 5.26 Å². The maximum atomic E-state index is 11.4. The summed E-state index contributed by atoms with van der Waals surface area (Å²) >= 11 is 0. The van der Waals surface area contributed by atoms with Crippen LogP contribution in [0, 0.1) is 34.5 Å². The van der Waals surface area contributed by atoms with Gasteiger partial charge in [-0.25, -0.2) is 0 Å². The van der Waals surface area contributed by atoms with E-state index >= 15 is 0 Å². The fraction of sp³-hybridized carbons (Fsp3) is 0.667. The maximum absolute atomic E-state index is 11.4. The van der Waals surface area contributed by atoms with E-state index in [1.54, 1.807) is 6.07 Å². The molecule has 0 bridgehead atoms. The Balaban J connectivity index is 1.67. The number of nitrogens with two attached hydrogens (primary N) is 1. The Morgan fingerprint density at radius 2 is 2.04 bits per heavy atom. The van der Waals surface area contributed by atoms with E-state index in [9.17, 15) is 13.7 Å². The lowest BCUT2D eigenvalue weighted by Crippen LogP contribution is -2.42. The van der Waals surface area contributed by atoms with Crippen molar-refractivity contribution in [2.75, 3.05) is 7.11 Å². The third-order valence-corrected chi connectivity index (χ3v) is 8.16. The third-order valence-electron chi connectivity index (χ3n) is 7.75. The second-order valence-electron chi connectivity index (χ2n) is 8.87. The van der Waals surface area contributed by atoms with Crippen LogP contribution in [-0.4, -0.2) is 15.5 Å². The molecule has 2 fully saturated rings. The summed E-state index contributed by atoms with van der Waals surface area (Å²) in [5.74, 6) is 2.83. The SMILES string of the molecule is COc1cc2c(cc1OS(N)(=O)=O)CCC1C2CC[C@@]2(C)C1CC[C@@H]2CC#N. The highest BCUT2D eigenvalue weighted by Gasteiger charge is 2.54. The molecule has 0 saturated heterocycles. The molecular weight excluding hydrogens is 376 g/mol. The van der Waals surface area contributed by atoms with Gasteiger partial charge >= 0.3 is 10.3 Å². The fourth-order valence-electron chi connectivity index (χ4n) is 6.48. The van der Waals surface area contributed by atoms with E-state index in [4.69, 9.17) is 14.1 Å². The number of benzene rings is 1. The zero-order chi connectivity index (χ0) is 20.1. The molecule has 1 aromatic rings. The Morgan fingerprint density at radius 1 is 1.25 bits per heavy atom. The number of aryl methyl sites for hydroxylation is 1. The van der Waals surface area contributed by atoms with E-state index in [1.807, 2.05) is 6.07 Å². The first-order valence-electron chi connectivity index (χ1n) is 10.1. The highest BCUT2D eigenvalue weighted by molar-refractivity contribution is 7.84. The lowest BCUT2D eigenvalue weighted by molar-refractivity contribution is 0.0296. The van der Waals surface area contributed by atoms with Gasteiger partial charge in [0.25, 0.3) is 0 Å². The quantitative estimate of drug-likeness (QED) is 0.825. The number of methoxy groups -OCH3 is 1. The summed E-state index contributed by atoms with van der Waals surface area (Å²) in [7, 11) is -2.58. The van der Waals surface area contributed by atoms with Gasteiger partial charge < -0.3 is 8.92 Å². The summed E-state index contributed by atoms with van der Waals surface area (Å²) in [6, 6.07) is 6.15. The van der Waals surface area contributed by atoms with Gasteiger partial charge in [-0.1, -0.05) is 6.92 Å². The minimum absolute atomic E-state index is 0.165. The average Bonchev–Trinajstić information content (AvgIpc) is 2.96. The molecule has 5 atom stereocenters. The molecular formula is C21H28N2O4S. The van der Waals surface area contributed by atoms with Gasteiger partial charge in [0, 0.05) is 6.42 Å². The Bertz CT molecular complexity index is 923. The zero-order valence-electron chi connectivity index (χ0n) is 16.5. The maximum Gasteiger partial charge on any atom is 0.380 e. The van der Waals surface area contributed by atoms with Crippen molar-refractivity contribution in [2.45, 2.75) is 57.8 Å². The summed E-state index contributed by atoms with van der Waals surface area (Å²) in [6.07, 6.45) is 7.28. The van der Waals surface area contributed by atoms with Crippen LogP contribution in [0.4, 0.5) is 0 Å². The van der Waals surface area contributed by atoms with E-state index in [0.29, 0.717) is 35.8 Å². The molecule has 3 aliphatic rings. The number of rotatable bonds is 4. The largest absolute Gasteiger partial charge is 0.493 e. The normalized spacial score (nSPS) is 33.9. The highest BCUT2D eigenvalue weighted by Crippen LogP contribution is 2.63. The molecule has 4 rings (SSSR count). The van der Waals surface area contributed by atoms with Crippen molar-refractivity contribution in [3.8, 4) is 17.6 Å². The van der Waals surface area contributed by atoms with Crippen molar-refractivity contribution < 1.29 is 17.3 Å². The number of nitriles is 1. The van der Waals surface area contributed by atoms with Crippen LogP contribution in [0.3, 0.4) is 0 Å². The standard InChI is InChI=1S/C21H28N2O4S/c1-21-9-7-15-16(18(21)6-4-14(21)8-10-22)5-3-13-11-20(27-28(23,24)25)19(26-2)12-17(13)15/h11-12,14-16,18H,3-9H2,1-2H3,(H2,23,24,25)/t14-,15?,16?,18?,21-/m1/s1. The smallest absolute Gasteiger partial charge is 0.380 e. The van der Waals surface area contributed by atoms with Crippen LogP contribution in [0.1, 0.15) is 62.5 Å². The second-order valence-corrected chi connectivity index (χ2v) is 10.0. The molecule has 0 spiro atoms. The predicted molar refractivity (Wildman–Crippen MR) is 105 cm³/mol. The predicted octanol–water partition coefficient (Wildman–Crippen LogP) is 3.66. The molecule has 0 amide bonds. The summed E-state index contributed by atoms with van der Waals surface area (Å²) in [6.45, 7) is 2.40. The van der Waals surface area contributed by atoms with Crippen LogP contribution in [0.15, 0.2) is 12.1 Å². The van der Waals surface area contributed by atoms with Crippen LogP contribution in [0.2, 0.25) is 0 Å². The summed E-state index contributed by atoms with van der Waals surface area (Å²) < 4.78 is 33.1. The summed E-state index contributed by atoms with van der Waals surface area (Å²) in [4.78, 5) is 0. The topological polar surface area (TPSA) is 102 Å². The number of nitrogens with zero attached hydrogens (tertiary/aromatic N) is 1. The van der Waals surface area contributed by atoms with Gasteiger partial charge in [0.2, 0.25) is 0 Å². The van der Waals surface area contributed by atoms with Crippen LogP contribution < -0.4 is 14.1 Å². The molecule has 0 heterocycles. The Labute approximate surface area is 167 Å². The van der Waals surface area contributed by atoms with Gasteiger partial charge in [-0.05, 0) is 90.9 Å². The fourth-order valence-corrected chi connectivity index (χ4v) is 6.86. The minimum atomic E-state index is -4.10. The monoisotopic (exact) mass is 404 g/mol. The molecule has 7 heteroatoms. The lowest BCUT2D eigenvalue weighted by Gasteiger charge is -2.51. The van der Waals surface area contributed by atoms with E-state index in [-0.39, 0.29) is 11.2 Å². The molecule has 1 aromatic carbocycles. The Morgan fingerprint density at radius 3 is 2.71 bits per heavy atom. The van der Waals surface area contributed by atoms with Gasteiger partial charge in [0.05, 0.1) is 13.2 Å². The van der Waals surface area contributed by atoms with Gasteiger partial charge in [-0.2, -0.15) is 18.8 Å². The van der Waals surface area contributed by atoms with Crippen LogP contribution in [-0.2, 0) is 16.7 Å². The first-order chi connectivity index (χ1) is 13.3. The minimum Gasteiger partial charge on any atom is -0.493 e.